The summed E-state index contributed by atoms with van der Waals surface area (Å²) in [6, 6.07) is 10.4. The molecule has 4 nitrogen and oxygen atoms in total. The molecule has 3 aromatic rings. The Bertz CT molecular complexity index is 1090. The van der Waals surface area contributed by atoms with Crippen molar-refractivity contribution in [1.29, 1.82) is 0 Å². The number of thioether (sulfide) groups is 1. The first-order chi connectivity index (χ1) is 15.1. The molecular formula is C23H24F4N2O2S. The maximum Gasteiger partial charge on any atom is 0.420 e. The van der Waals surface area contributed by atoms with Crippen LogP contribution in [0.3, 0.4) is 0 Å². The van der Waals surface area contributed by atoms with Crippen LogP contribution in [0.15, 0.2) is 48.5 Å². The Kier molecular flexibility index (Phi) is 7.19. The quantitative estimate of drug-likeness (QED) is 0.404. The summed E-state index contributed by atoms with van der Waals surface area (Å²) in [5, 5.41) is 14.4. The van der Waals surface area contributed by atoms with Crippen LogP contribution in [-0.4, -0.2) is 40.5 Å². The number of rotatable bonds is 8. The van der Waals surface area contributed by atoms with Crippen LogP contribution in [0.4, 0.5) is 23.2 Å². The van der Waals surface area contributed by atoms with Crippen LogP contribution in [0.2, 0.25) is 0 Å². The molecule has 0 bridgehead atoms. The molecule has 3 rings (SSSR count). The summed E-state index contributed by atoms with van der Waals surface area (Å²) in [6.45, 7) is 3.52. The fourth-order valence-electron chi connectivity index (χ4n) is 3.47. The molecule has 0 aliphatic heterocycles. The van der Waals surface area contributed by atoms with E-state index in [4.69, 9.17) is 4.74 Å². The molecule has 1 heterocycles. The number of nitrogens with one attached hydrogen (secondary N) is 1. The second kappa shape index (κ2) is 9.54. The number of aliphatic hydroxyl groups is 1. The van der Waals surface area contributed by atoms with Gasteiger partial charge in [0.05, 0.1) is 18.7 Å². The molecule has 0 aliphatic carbocycles. The van der Waals surface area contributed by atoms with Gasteiger partial charge < -0.3 is 15.2 Å². The van der Waals surface area contributed by atoms with E-state index >= 15 is 0 Å². The van der Waals surface area contributed by atoms with Gasteiger partial charge in [-0.15, -0.1) is 0 Å². The molecule has 2 unspecified atom stereocenters. The number of methoxy groups -OCH3 is 1. The van der Waals surface area contributed by atoms with Crippen LogP contribution in [0.25, 0.3) is 10.9 Å². The number of alkyl halides is 3. The largest absolute Gasteiger partial charge is 0.494 e. The summed E-state index contributed by atoms with van der Waals surface area (Å²) in [4.78, 5) is 4.41. The molecule has 0 fully saturated rings. The summed E-state index contributed by atoms with van der Waals surface area (Å²) in [5.41, 5.74) is -1.53. The SMILES string of the molecule is CCSCC(O)(C(Nc1cccc2nc(C)ccc12)c1ccc(OC)c(F)c1)C(F)(F)F. The Morgan fingerprint density at radius 3 is 2.53 bits per heavy atom. The second-order valence-electron chi connectivity index (χ2n) is 7.36. The van der Waals surface area contributed by atoms with E-state index in [2.05, 4.69) is 10.3 Å². The van der Waals surface area contributed by atoms with Gasteiger partial charge in [-0.1, -0.05) is 19.1 Å². The van der Waals surface area contributed by atoms with Crippen LogP contribution >= 0.6 is 11.8 Å². The van der Waals surface area contributed by atoms with Crippen molar-refractivity contribution in [3.63, 3.8) is 0 Å². The topological polar surface area (TPSA) is 54.4 Å². The lowest BCUT2D eigenvalue weighted by Gasteiger charge is -2.39. The second-order valence-corrected chi connectivity index (χ2v) is 8.63. The van der Waals surface area contributed by atoms with Gasteiger partial charge in [0.1, 0.15) is 0 Å². The van der Waals surface area contributed by atoms with E-state index in [1.807, 2.05) is 6.92 Å². The van der Waals surface area contributed by atoms with Crippen molar-refractivity contribution in [2.45, 2.75) is 31.7 Å². The van der Waals surface area contributed by atoms with Crippen molar-refractivity contribution in [2.75, 3.05) is 23.9 Å². The molecule has 0 amide bonds. The summed E-state index contributed by atoms with van der Waals surface area (Å²) in [5.74, 6) is -1.17. The lowest BCUT2D eigenvalue weighted by atomic mass is 9.88. The Morgan fingerprint density at radius 1 is 1.16 bits per heavy atom. The highest BCUT2D eigenvalue weighted by Gasteiger charge is 2.59. The van der Waals surface area contributed by atoms with E-state index in [-0.39, 0.29) is 11.3 Å². The van der Waals surface area contributed by atoms with Crippen molar-refractivity contribution in [3.05, 3.63) is 65.6 Å². The highest BCUT2D eigenvalue weighted by molar-refractivity contribution is 7.99. The van der Waals surface area contributed by atoms with E-state index in [1.165, 1.54) is 19.2 Å². The van der Waals surface area contributed by atoms with E-state index in [1.54, 1.807) is 37.3 Å². The first kappa shape index (κ1) is 24.1. The Morgan fingerprint density at radius 2 is 1.91 bits per heavy atom. The fourth-order valence-corrected chi connectivity index (χ4v) is 4.31. The molecule has 9 heteroatoms. The zero-order valence-electron chi connectivity index (χ0n) is 17.8. The van der Waals surface area contributed by atoms with Crippen LogP contribution in [0, 0.1) is 12.7 Å². The number of pyridine rings is 1. The zero-order valence-corrected chi connectivity index (χ0v) is 18.6. The van der Waals surface area contributed by atoms with Crippen molar-refractivity contribution < 1.29 is 27.4 Å². The van der Waals surface area contributed by atoms with Crippen molar-refractivity contribution in [1.82, 2.24) is 4.98 Å². The third-order valence-electron chi connectivity index (χ3n) is 5.17. The number of fused-ring (bicyclic) bond motifs is 1. The molecule has 0 saturated heterocycles. The average molecular weight is 469 g/mol. The molecule has 172 valence electrons. The third-order valence-corrected chi connectivity index (χ3v) is 6.23. The molecule has 0 saturated carbocycles. The summed E-state index contributed by atoms with van der Waals surface area (Å²) in [7, 11) is 1.27. The monoisotopic (exact) mass is 468 g/mol. The number of halogens is 4. The summed E-state index contributed by atoms with van der Waals surface area (Å²) < 4.78 is 62.1. The molecule has 0 aliphatic rings. The lowest BCUT2D eigenvalue weighted by Crippen LogP contribution is -2.54. The third kappa shape index (κ3) is 4.78. The number of anilines is 1. The van der Waals surface area contributed by atoms with E-state index in [9.17, 15) is 22.7 Å². The maximum absolute atomic E-state index is 14.5. The molecule has 1 aromatic heterocycles. The van der Waals surface area contributed by atoms with Gasteiger partial charge in [0.2, 0.25) is 0 Å². The van der Waals surface area contributed by atoms with Crippen LogP contribution in [-0.2, 0) is 0 Å². The van der Waals surface area contributed by atoms with Gasteiger partial charge in [-0.25, -0.2) is 4.39 Å². The Hall–Kier alpha value is -2.52. The fraction of sp³-hybridized carbons (Fsp3) is 0.348. The number of benzene rings is 2. The average Bonchev–Trinajstić information content (AvgIpc) is 2.74. The van der Waals surface area contributed by atoms with Gasteiger partial charge >= 0.3 is 6.18 Å². The first-order valence-electron chi connectivity index (χ1n) is 9.94. The Balaban J connectivity index is 2.17. The normalized spacial score (nSPS) is 14.8. The van der Waals surface area contributed by atoms with Gasteiger partial charge in [0, 0.05) is 22.5 Å². The van der Waals surface area contributed by atoms with Crippen molar-refractivity contribution >= 4 is 28.4 Å². The predicted molar refractivity (Wildman–Crippen MR) is 120 cm³/mol. The number of nitrogens with zero attached hydrogens (tertiary/aromatic N) is 1. The van der Waals surface area contributed by atoms with E-state index in [0.717, 1.165) is 23.5 Å². The molecule has 2 atom stereocenters. The Labute approximate surface area is 188 Å². The molecule has 0 spiro atoms. The van der Waals surface area contributed by atoms with Gasteiger partial charge in [-0.05, 0) is 54.6 Å². The van der Waals surface area contributed by atoms with E-state index in [0.29, 0.717) is 22.3 Å². The molecular weight excluding hydrogens is 444 g/mol. The maximum atomic E-state index is 14.5. The summed E-state index contributed by atoms with van der Waals surface area (Å²) >= 11 is 0.952. The van der Waals surface area contributed by atoms with Crippen molar-refractivity contribution in [3.8, 4) is 5.75 Å². The van der Waals surface area contributed by atoms with Gasteiger partial charge in [0.15, 0.2) is 17.2 Å². The number of aryl methyl sites for hydroxylation is 1. The molecule has 2 N–H and O–H groups in total. The number of aromatic nitrogens is 1. The lowest BCUT2D eigenvalue weighted by molar-refractivity contribution is -0.256. The number of hydrogen-bond acceptors (Lipinski definition) is 5. The van der Waals surface area contributed by atoms with Crippen LogP contribution in [0.1, 0.15) is 24.2 Å². The predicted octanol–water partition coefficient (Wildman–Crippen LogP) is 5.89. The van der Waals surface area contributed by atoms with Gasteiger partial charge in [-0.3, -0.25) is 4.98 Å². The standard InChI is InChI=1S/C23H24F4N2O2S/c1-4-32-13-22(30,23(25,26)27)21(15-9-11-20(31-3)17(24)12-15)29-19-7-5-6-18-16(19)10-8-14(2)28-18/h5-12,21,29-30H,4,13H2,1-3H3. The first-order valence-corrected chi connectivity index (χ1v) is 11.1. The van der Waals surface area contributed by atoms with Crippen molar-refractivity contribution in [2.24, 2.45) is 0 Å². The number of ether oxygens (including phenoxy) is 1. The minimum Gasteiger partial charge on any atom is -0.494 e. The highest BCUT2D eigenvalue weighted by Crippen LogP contribution is 2.45. The smallest absolute Gasteiger partial charge is 0.420 e. The molecule has 0 radical (unpaired) electrons. The molecule has 32 heavy (non-hydrogen) atoms. The van der Waals surface area contributed by atoms with Crippen LogP contribution in [0.5, 0.6) is 5.75 Å². The summed E-state index contributed by atoms with van der Waals surface area (Å²) in [6.07, 6.45) is -4.98. The van der Waals surface area contributed by atoms with Gasteiger partial charge in [0.25, 0.3) is 0 Å². The highest BCUT2D eigenvalue weighted by atomic mass is 32.2. The van der Waals surface area contributed by atoms with Gasteiger partial charge in [-0.2, -0.15) is 24.9 Å². The zero-order chi connectivity index (χ0) is 23.5. The molecule has 2 aromatic carbocycles. The minimum absolute atomic E-state index is 0.0584. The minimum atomic E-state index is -4.98. The number of hydrogen-bond donors (Lipinski definition) is 2. The van der Waals surface area contributed by atoms with E-state index < -0.39 is 29.4 Å². The van der Waals surface area contributed by atoms with Crippen LogP contribution < -0.4 is 10.1 Å².